The van der Waals surface area contributed by atoms with Crippen LogP contribution >= 0.6 is 0 Å². The molecule has 136 valence electrons. The zero-order chi connectivity index (χ0) is 18.1. The van der Waals surface area contributed by atoms with E-state index in [0.717, 1.165) is 42.5 Å². The third-order valence-electron chi connectivity index (χ3n) is 4.82. The predicted octanol–water partition coefficient (Wildman–Crippen LogP) is 2.39. The molecular weight excluding hydrogens is 332 g/mol. The van der Waals surface area contributed by atoms with Crippen LogP contribution in [-0.4, -0.2) is 20.3 Å². The summed E-state index contributed by atoms with van der Waals surface area (Å²) in [6.07, 6.45) is 3.91. The van der Waals surface area contributed by atoms with Crippen LogP contribution in [0.2, 0.25) is 0 Å². The second-order valence-electron chi connectivity index (χ2n) is 6.79. The van der Waals surface area contributed by atoms with Gasteiger partial charge in [-0.15, -0.1) is 0 Å². The number of hydrogen-bond donors (Lipinski definition) is 1. The molecule has 1 aliphatic heterocycles. The van der Waals surface area contributed by atoms with Gasteiger partial charge < -0.3 is 9.73 Å². The second-order valence-corrected chi connectivity index (χ2v) is 6.79. The van der Waals surface area contributed by atoms with Gasteiger partial charge in [-0.2, -0.15) is 5.10 Å². The molecule has 1 amide bonds. The molecule has 0 saturated heterocycles. The first kappa shape index (κ1) is 16.6. The summed E-state index contributed by atoms with van der Waals surface area (Å²) in [5, 5.41) is 8.23. The number of hydrogen-bond acceptors (Lipinski definition) is 4. The smallest absolute Gasteiger partial charge is 0.346 e. The van der Waals surface area contributed by atoms with Gasteiger partial charge in [-0.1, -0.05) is 24.6 Å². The van der Waals surface area contributed by atoms with Crippen molar-refractivity contribution in [2.75, 3.05) is 0 Å². The molecule has 1 atom stereocenters. The number of amides is 1. The maximum Gasteiger partial charge on any atom is 0.346 e. The number of fused-ring (bicyclic) bond motifs is 2. The van der Waals surface area contributed by atoms with Crippen LogP contribution in [0.3, 0.4) is 0 Å². The van der Waals surface area contributed by atoms with Crippen molar-refractivity contribution in [2.24, 2.45) is 0 Å². The van der Waals surface area contributed by atoms with Crippen molar-refractivity contribution in [3.05, 3.63) is 52.4 Å². The Balaban J connectivity index is 1.46. The summed E-state index contributed by atoms with van der Waals surface area (Å²) in [4.78, 5) is 24.8. The van der Waals surface area contributed by atoms with Gasteiger partial charge in [-0.25, -0.2) is 9.48 Å². The minimum absolute atomic E-state index is 0.0800. The van der Waals surface area contributed by atoms with E-state index in [1.165, 1.54) is 4.68 Å². The van der Waals surface area contributed by atoms with Gasteiger partial charge in [0.25, 0.3) is 0 Å². The molecule has 0 saturated carbocycles. The maximum absolute atomic E-state index is 12.4. The largest absolute Gasteiger partial charge is 0.459 e. The number of para-hydroxylation sites is 1. The Morgan fingerprint density at radius 3 is 3.00 bits per heavy atom. The number of carbonyl (C=O) groups is 1. The number of rotatable bonds is 4. The average molecular weight is 354 g/mol. The second kappa shape index (κ2) is 6.82. The van der Waals surface area contributed by atoms with Crippen LogP contribution in [0.4, 0.5) is 0 Å². The summed E-state index contributed by atoms with van der Waals surface area (Å²) in [7, 11) is 0. The number of nitrogens with zero attached hydrogens (tertiary/aromatic N) is 3. The SMILES string of the molecule is CC(NC(=O)Cn1nc2n(c1=O)CCCCC2)c1cc2ccccc2o1. The third-order valence-corrected chi connectivity index (χ3v) is 4.82. The molecule has 4 rings (SSSR count). The zero-order valence-corrected chi connectivity index (χ0v) is 14.8. The van der Waals surface area contributed by atoms with Crippen molar-refractivity contribution < 1.29 is 9.21 Å². The minimum Gasteiger partial charge on any atom is -0.459 e. The standard InChI is InChI=1S/C19H22N4O3/c1-13(16-11-14-7-4-5-8-15(14)26-16)20-18(24)12-23-19(25)22-10-6-2-3-9-17(22)21-23/h4-5,7-8,11,13H,2-3,6,9-10,12H2,1H3,(H,20,24). The van der Waals surface area contributed by atoms with E-state index in [1.807, 2.05) is 37.3 Å². The fourth-order valence-electron chi connectivity index (χ4n) is 3.44. The van der Waals surface area contributed by atoms with E-state index in [4.69, 9.17) is 4.42 Å². The Morgan fingerprint density at radius 1 is 1.31 bits per heavy atom. The monoisotopic (exact) mass is 354 g/mol. The number of nitrogens with one attached hydrogen (secondary N) is 1. The van der Waals surface area contributed by atoms with E-state index >= 15 is 0 Å². The first-order chi connectivity index (χ1) is 12.6. The van der Waals surface area contributed by atoms with Crippen molar-refractivity contribution in [3.8, 4) is 0 Å². The molecule has 1 aliphatic rings. The van der Waals surface area contributed by atoms with E-state index in [-0.39, 0.29) is 24.2 Å². The van der Waals surface area contributed by atoms with Crippen molar-refractivity contribution in [3.63, 3.8) is 0 Å². The number of aryl methyl sites for hydroxylation is 1. The summed E-state index contributed by atoms with van der Waals surface area (Å²) in [6.45, 7) is 2.47. The fraction of sp³-hybridized carbons (Fsp3) is 0.421. The van der Waals surface area contributed by atoms with Crippen LogP contribution in [0.5, 0.6) is 0 Å². The summed E-state index contributed by atoms with van der Waals surface area (Å²) in [5.74, 6) is 1.21. The van der Waals surface area contributed by atoms with E-state index in [1.54, 1.807) is 4.57 Å². The number of benzene rings is 1. The molecule has 7 heteroatoms. The number of aromatic nitrogens is 3. The average Bonchev–Trinajstić information content (AvgIpc) is 3.09. The predicted molar refractivity (Wildman–Crippen MR) is 96.8 cm³/mol. The summed E-state index contributed by atoms with van der Waals surface area (Å²) in [5.41, 5.74) is 0.589. The first-order valence-corrected chi connectivity index (χ1v) is 9.06. The molecule has 0 bridgehead atoms. The molecule has 0 aliphatic carbocycles. The molecule has 1 aromatic carbocycles. The zero-order valence-electron chi connectivity index (χ0n) is 14.8. The highest BCUT2D eigenvalue weighted by molar-refractivity contribution is 5.79. The number of furan rings is 1. The van der Waals surface area contributed by atoms with Gasteiger partial charge in [0.15, 0.2) is 0 Å². The topological polar surface area (TPSA) is 82.1 Å². The van der Waals surface area contributed by atoms with Gasteiger partial charge in [0.05, 0.1) is 6.04 Å². The lowest BCUT2D eigenvalue weighted by atomic mass is 10.2. The normalized spacial score (nSPS) is 15.4. The van der Waals surface area contributed by atoms with Gasteiger partial charge in [-0.05, 0) is 31.9 Å². The van der Waals surface area contributed by atoms with Crippen LogP contribution < -0.4 is 11.0 Å². The van der Waals surface area contributed by atoms with E-state index in [2.05, 4.69) is 10.4 Å². The molecule has 1 N–H and O–H groups in total. The molecule has 7 nitrogen and oxygen atoms in total. The Labute approximate surface area is 150 Å². The van der Waals surface area contributed by atoms with Crippen molar-refractivity contribution in [1.29, 1.82) is 0 Å². The van der Waals surface area contributed by atoms with E-state index < -0.39 is 0 Å². The quantitative estimate of drug-likeness (QED) is 0.780. The van der Waals surface area contributed by atoms with Gasteiger partial charge in [0.1, 0.15) is 23.7 Å². The van der Waals surface area contributed by atoms with Gasteiger partial charge in [-0.3, -0.25) is 9.36 Å². The Morgan fingerprint density at radius 2 is 2.15 bits per heavy atom. The molecule has 1 unspecified atom stereocenters. The van der Waals surface area contributed by atoms with Crippen molar-refractivity contribution in [1.82, 2.24) is 19.7 Å². The first-order valence-electron chi connectivity index (χ1n) is 9.06. The molecular formula is C19H22N4O3. The highest BCUT2D eigenvalue weighted by Gasteiger charge is 2.19. The Hall–Kier alpha value is -2.83. The summed E-state index contributed by atoms with van der Waals surface area (Å²) >= 11 is 0. The van der Waals surface area contributed by atoms with Crippen LogP contribution in [-0.2, 0) is 24.3 Å². The van der Waals surface area contributed by atoms with Gasteiger partial charge in [0, 0.05) is 18.4 Å². The maximum atomic E-state index is 12.4. The molecule has 0 fully saturated rings. The highest BCUT2D eigenvalue weighted by Crippen LogP contribution is 2.23. The summed E-state index contributed by atoms with van der Waals surface area (Å²) in [6, 6.07) is 9.35. The van der Waals surface area contributed by atoms with Crippen molar-refractivity contribution >= 4 is 16.9 Å². The lowest BCUT2D eigenvalue weighted by Gasteiger charge is -2.11. The van der Waals surface area contributed by atoms with E-state index in [0.29, 0.717) is 12.3 Å². The highest BCUT2D eigenvalue weighted by atomic mass is 16.3. The molecule has 0 radical (unpaired) electrons. The van der Waals surface area contributed by atoms with Crippen LogP contribution in [0.15, 0.2) is 39.5 Å². The Bertz CT molecular complexity index is 965. The molecule has 2 aromatic heterocycles. The van der Waals surface area contributed by atoms with Crippen LogP contribution in [0.1, 0.15) is 43.8 Å². The van der Waals surface area contributed by atoms with Crippen LogP contribution in [0.25, 0.3) is 11.0 Å². The molecule has 3 aromatic rings. The van der Waals surface area contributed by atoms with Gasteiger partial charge >= 0.3 is 5.69 Å². The third kappa shape index (κ3) is 3.16. The molecule has 0 spiro atoms. The summed E-state index contributed by atoms with van der Waals surface area (Å²) < 4.78 is 8.74. The van der Waals surface area contributed by atoms with Crippen molar-refractivity contribution in [2.45, 2.75) is 51.7 Å². The van der Waals surface area contributed by atoms with Gasteiger partial charge in [0.2, 0.25) is 5.91 Å². The Kier molecular flexibility index (Phi) is 4.36. The fourth-order valence-corrected chi connectivity index (χ4v) is 3.44. The molecule has 26 heavy (non-hydrogen) atoms. The minimum atomic E-state index is -0.286. The lowest BCUT2D eigenvalue weighted by Crippen LogP contribution is -2.34. The van der Waals surface area contributed by atoms with E-state index in [9.17, 15) is 9.59 Å². The number of carbonyl (C=O) groups excluding carboxylic acids is 1. The molecule has 3 heterocycles. The lowest BCUT2D eigenvalue weighted by molar-refractivity contribution is -0.122. The van der Waals surface area contributed by atoms with Crippen LogP contribution in [0, 0.1) is 0 Å².